The van der Waals surface area contributed by atoms with Crippen molar-refractivity contribution < 1.29 is 9.59 Å². The molecule has 2 rings (SSSR count). The van der Waals surface area contributed by atoms with E-state index in [4.69, 9.17) is 0 Å². The average Bonchev–Trinajstić information content (AvgIpc) is 2.71. The van der Waals surface area contributed by atoms with E-state index < -0.39 is 0 Å². The number of likely N-dealkylation sites (tertiary alicyclic amines) is 1. The van der Waals surface area contributed by atoms with Gasteiger partial charge in [-0.05, 0) is 32.4 Å². The van der Waals surface area contributed by atoms with Crippen LogP contribution in [0.15, 0.2) is 18.6 Å². The number of unbranched alkanes of at least 4 members (excludes halogenated alkanes) is 2. The lowest BCUT2D eigenvalue weighted by Crippen LogP contribution is -2.39. The van der Waals surface area contributed by atoms with Crippen molar-refractivity contribution in [2.75, 3.05) is 39.3 Å². The Bertz CT molecular complexity index is 561. The van der Waals surface area contributed by atoms with Crippen LogP contribution in [0.2, 0.25) is 0 Å². The summed E-state index contributed by atoms with van der Waals surface area (Å²) in [4.78, 5) is 37.0. The van der Waals surface area contributed by atoms with Crippen LogP contribution in [0.25, 0.3) is 0 Å². The highest BCUT2D eigenvalue weighted by Crippen LogP contribution is 2.08. The molecule has 1 aromatic rings. The van der Waals surface area contributed by atoms with E-state index in [0.717, 1.165) is 38.9 Å². The fourth-order valence-electron chi connectivity index (χ4n) is 3.30. The fourth-order valence-corrected chi connectivity index (χ4v) is 3.30. The first-order chi connectivity index (χ1) is 13.2. The molecular formula is C20H33N5O2. The van der Waals surface area contributed by atoms with Gasteiger partial charge in [-0.1, -0.05) is 26.2 Å². The van der Waals surface area contributed by atoms with E-state index in [1.807, 2.05) is 0 Å². The number of nitrogens with one attached hydrogen (secondary N) is 1. The van der Waals surface area contributed by atoms with Gasteiger partial charge < -0.3 is 15.1 Å². The SMILES string of the molecule is CCCCCN(CCC(=O)NCCN1CCCCC1)C(=O)c1cnccn1. The van der Waals surface area contributed by atoms with E-state index in [0.29, 0.717) is 31.7 Å². The molecule has 1 aliphatic heterocycles. The predicted octanol–water partition coefficient (Wildman–Crippen LogP) is 2.10. The molecule has 0 unspecified atom stereocenters. The Labute approximate surface area is 162 Å². The zero-order chi connectivity index (χ0) is 19.3. The molecule has 0 atom stereocenters. The highest BCUT2D eigenvalue weighted by Gasteiger charge is 2.18. The first kappa shape index (κ1) is 21.3. The van der Waals surface area contributed by atoms with Crippen molar-refractivity contribution in [3.63, 3.8) is 0 Å². The molecule has 1 saturated heterocycles. The molecule has 0 aromatic carbocycles. The summed E-state index contributed by atoms with van der Waals surface area (Å²) < 4.78 is 0. The number of nitrogens with zero attached hydrogens (tertiary/aromatic N) is 4. The van der Waals surface area contributed by atoms with E-state index in [1.165, 1.54) is 31.7 Å². The van der Waals surface area contributed by atoms with E-state index in [-0.39, 0.29) is 11.8 Å². The van der Waals surface area contributed by atoms with E-state index in [1.54, 1.807) is 11.1 Å². The van der Waals surface area contributed by atoms with Gasteiger partial charge in [-0.3, -0.25) is 14.6 Å². The summed E-state index contributed by atoms with van der Waals surface area (Å²) in [5.41, 5.74) is 0.333. The van der Waals surface area contributed by atoms with Gasteiger partial charge in [-0.2, -0.15) is 0 Å². The molecule has 2 amide bonds. The maximum atomic E-state index is 12.7. The summed E-state index contributed by atoms with van der Waals surface area (Å²) in [7, 11) is 0. The summed E-state index contributed by atoms with van der Waals surface area (Å²) in [5.74, 6) is -0.153. The third-order valence-electron chi connectivity index (χ3n) is 4.91. The van der Waals surface area contributed by atoms with Crippen LogP contribution in [-0.4, -0.2) is 70.9 Å². The van der Waals surface area contributed by atoms with Crippen molar-refractivity contribution in [1.29, 1.82) is 0 Å². The van der Waals surface area contributed by atoms with E-state index in [2.05, 4.69) is 27.1 Å². The first-order valence-corrected chi connectivity index (χ1v) is 10.2. The first-order valence-electron chi connectivity index (χ1n) is 10.2. The molecule has 0 radical (unpaired) electrons. The molecule has 0 spiro atoms. The molecule has 1 N–H and O–H groups in total. The number of amides is 2. The Morgan fingerprint density at radius 2 is 1.96 bits per heavy atom. The van der Waals surface area contributed by atoms with Gasteiger partial charge >= 0.3 is 0 Å². The second kappa shape index (κ2) is 12.4. The zero-order valence-electron chi connectivity index (χ0n) is 16.5. The minimum absolute atomic E-state index is 0.000512. The second-order valence-electron chi connectivity index (χ2n) is 7.09. The normalized spacial score (nSPS) is 14.7. The van der Waals surface area contributed by atoms with Crippen LogP contribution in [0.3, 0.4) is 0 Å². The molecule has 7 nitrogen and oxygen atoms in total. The number of aromatic nitrogens is 2. The molecular weight excluding hydrogens is 342 g/mol. The van der Waals surface area contributed by atoms with Gasteiger partial charge in [-0.15, -0.1) is 0 Å². The van der Waals surface area contributed by atoms with Gasteiger partial charge in [0, 0.05) is 45.0 Å². The Kier molecular flexibility index (Phi) is 9.76. The molecule has 1 aromatic heterocycles. The smallest absolute Gasteiger partial charge is 0.274 e. The summed E-state index contributed by atoms with van der Waals surface area (Å²) >= 11 is 0. The van der Waals surface area contributed by atoms with Crippen LogP contribution in [0.5, 0.6) is 0 Å². The monoisotopic (exact) mass is 375 g/mol. The van der Waals surface area contributed by atoms with Crippen LogP contribution in [0.4, 0.5) is 0 Å². The summed E-state index contributed by atoms with van der Waals surface area (Å²) in [5, 5.41) is 2.98. The van der Waals surface area contributed by atoms with Crippen molar-refractivity contribution in [2.45, 2.75) is 51.9 Å². The number of hydrogen-bond donors (Lipinski definition) is 1. The van der Waals surface area contributed by atoms with Gasteiger partial charge in [-0.25, -0.2) is 4.98 Å². The Morgan fingerprint density at radius 1 is 1.15 bits per heavy atom. The third-order valence-corrected chi connectivity index (χ3v) is 4.91. The van der Waals surface area contributed by atoms with E-state index >= 15 is 0 Å². The molecule has 1 aliphatic rings. The van der Waals surface area contributed by atoms with Crippen molar-refractivity contribution >= 4 is 11.8 Å². The van der Waals surface area contributed by atoms with Crippen LogP contribution < -0.4 is 5.32 Å². The number of carbonyl (C=O) groups is 2. The lowest BCUT2D eigenvalue weighted by atomic mass is 10.1. The largest absolute Gasteiger partial charge is 0.355 e. The summed E-state index contributed by atoms with van der Waals surface area (Å²) in [6, 6.07) is 0. The molecule has 2 heterocycles. The summed E-state index contributed by atoms with van der Waals surface area (Å²) in [6.45, 7) is 7.03. The molecule has 0 aliphatic carbocycles. The Balaban J connectivity index is 1.75. The standard InChI is InChI=1S/C20H33N5O2/c1-2-3-5-14-25(20(27)18-17-21-9-10-22-18)15-8-19(26)23-11-16-24-12-6-4-7-13-24/h9-10,17H,2-8,11-16H2,1H3,(H,23,26). The average molecular weight is 376 g/mol. The number of hydrogen-bond acceptors (Lipinski definition) is 5. The van der Waals surface area contributed by atoms with Crippen molar-refractivity contribution in [3.05, 3.63) is 24.3 Å². The second-order valence-corrected chi connectivity index (χ2v) is 7.09. The Morgan fingerprint density at radius 3 is 2.67 bits per heavy atom. The quantitative estimate of drug-likeness (QED) is 0.599. The van der Waals surface area contributed by atoms with Crippen LogP contribution >= 0.6 is 0 Å². The van der Waals surface area contributed by atoms with Gasteiger partial charge in [0.05, 0.1) is 6.20 Å². The molecule has 0 bridgehead atoms. The molecule has 150 valence electrons. The maximum absolute atomic E-state index is 12.7. The minimum Gasteiger partial charge on any atom is -0.355 e. The van der Waals surface area contributed by atoms with Crippen LogP contribution in [0.1, 0.15) is 62.4 Å². The molecule has 27 heavy (non-hydrogen) atoms. The zero-order valence-corrected chi connectivity index (χ0v) is 16.5. The lowest BCUT2D eigenvalue weighted by Gasteiger charge is -2.26. The Hall–Kier alpha value is -2.02. The lowest BCUT2D eigenvalue weighted by molar-refractivity contribution is -0.121. The van der Waals surface area contributed by atoms with Gasteiger partial charge in [0.15, 0.2) is 0 Å². The minimum atomic E-state index is -0.152. The predicted molar refractivity (Wildman–Crippen MR) is 105 cm³/mol. The number of rotatable bonds is 11. The van der Waals surface area contributed by atoms with Crippen molar-refractivity contribution in [2.24, 2.45) is 0 Å². The number of carbonyl (C=O) groups excluding carboxylic acids is 2. The summed E-state index contributed by atoms with van der Waals surface area (Å²) in [6.07, 6.45) is 11.8. The topological polar surface area (TPSA) is 78.4 Å². The molecule has 1 fully saturated rings. The highest BCUT2D eigenvalue weighted by molar-refractivity contribution is 5.92. The third kappa shape index (κ3) is 8.03. The van der Waals surface area contributed by atoms with Gasteiger partial charge in [0.2, 0.25) is 5.91 Å². The highest BCUT2D eigenvalue weighted by atomic mass is 16.2. The van der Waals surface area contributed by atoms with Crippen LogP contribution in [0, 0.1) is 0 Å². The van der Waals surface area contributed by atoms with Gasteiger partial charge in [0.25, 0.3) is 5.91 Å². The van der Waals surface area contributed by atoms with Crippen LogP contribution in [-0.2, 0) is 4.79 Å². The number of piperidine rings is 1. The fraction of sp³-hybridized carbons (Fsp3) is 0.700. The molecule has 0 saturated carbocycles. The van der Waals surface area contributed by atoms with E-state index in [9.17, 15) is 9.59 Å². The van der Waals surface area contributed by atoms with Crippen molar-refractivity contribution in [1.82, 2.24) is 25.1 Å². The van der Waals surface area contributed by atoms with Gasteiger partial charge in [0.1, 0.15) is 5.69 Å². The molecule has 7 heteroatoms. The van der Waals surface area contributed by atoms with Crippen molar-refractivity contribution in [3.8, 4) is 0 Å². The maximum Gasteiger partial charge on any atom is 0.274 e.